The molecule has 4 nitrogen and oxygen atoms in total. The Morgan fingerprint density at radius 1 is 1.46 bits per heavy atom. The molecule has 0 fully saturated rings. The SMILES string of the molecule is CCN(CC)c1ccnc(C#N)n1. The Hall–Kier alpha value is -1.63. The second kappa shape index (κ2) is 4.41. The molecule has 0 saturated carbocycles. The van der Waals surface area contributed by atoms with E-state index in [-0.39, 0.29) is 5.82 Å². The van der Waals surface area contributed by atoms with Crippen molar-refractivity contribution < 1.29 is 0 Å². The summed E-state index contributed by atoms with van der Waals surface area (Å²) in [5.41, 5.74) is 0. The summed E-state index contributed by atoms with van der Waals surface area (Å²) < 4.78 is 0. The van der Waals surface area contributed by atoms with Crippen LogP contribution >= 0.6 is 0 Å². The minimum absolute atomic E-state index is 0.226. The van der Waals surface area contributed by atoms with E-state index in [9.17, 15) is 0 Å². The van der Waals surface area contributed by atoms with Crippen LogP contribution in [0.4, 0.5) is 5.82 Å². The quantitative estimate of drug-likeness (QED) is 0.694. The molecule has 0 aliphatic heterocycles. The molecule has 0 radical (unpaired) electrons. The van der Waals surface area contributed by atoms with Gasteiger partial charge < -0.3 is 4.90 Å². The monoisotopic (exact) mass is 176 g/mol. The predicted molar refractivity (Wildman–Crippen MR) is 50.3 cm³/mol. The van der Waals surface area contributed by atoms with Crippen molar-refractivity contribution in [2.75, 3.05) is 18.0 Å². The van der Waals surface area contributed by atoms with Crippen molar-refractivity contribution in [3.8, 4) is 6.07 Å². The van der Waals surface area contributed by atoms with Crippen molar-refractivity contribution in [2.45, 2.75) is 13.8 Å². The van der Waals surface area contributed by atoms with Gasteiger partial charge in [-0.3, -0.25) is 0 Å². The van der Waals surface area contributed by atoms with E-state index in [4.69, 9.17) is 5.26 Å². The van der Waals surface area contributed by atoms with E-state index in [1.165, 1.54) is 0 Å². The minimum atomic E-state index is 0.226. The van der Waals surface area contributed by atoms with Gasteiger partial charge in [0.1, 0.15) is 11.9 Å². The zero-order chi connectivity index (χ0) is 9.68. The van der Waals surface area contributed by atoms with Gasteiger partial charge in [0, 0.05) is 19.3 Å². The molecule has 1 aromatic rings. The van der Waals surface area contributed by atoms with Gasteiger partial charge in [-0.2, -0.15) is 5.26 Å². The highest BCUT2D eigenvalue weighted by molar-refractivity contribution is 5.38. The van der Waals surface area contributed by atoms with Gasteiger partial charge >= 0.3 is 0 Å². The number of rotatable bonds is 3. The number of anilines is 1. The molecular weight excluding hydrogens is 164 g/mol. The molecule has 68 valence electrons. The summed E-state index contributed by atoms with van der Waals surface area (Å²) in [6, 6.07) is 3.73. The van der Waals surface area contributed by atoms with E-state index >= 15 is 0 Å². The molecule has 0 unspecified atom stereocenters. The normalized spacial score (nSPS) is 9.31. The Morgan fingerprint density at radius 3 is 2.69 bits per heavy atom. The molecule has 0 N–H and O–H groups in total. The number of nitriles is 1. The Balaban J connectivity index is 2.94. The van der Waals surface area contributed by atoms with Crippen LogP contribution in [0.5, 0.6) is 0 Å². The van der Waals surface area contributed by atoms with Gasteiger partial charge in [-0.15, -0.1) is 0 Å². The first-order valence-corrected chi connectivity index (χ1v) is 4.29. The van der Waals surface area contributed by atoms with Crippen LogP contribution in [0.1, 0.15) is 19.7 Å². The maximum atomic E-state index is 8.60. The van der Waals surface area contributed by atoms with Crippen LogP contribution in [0.3, 0.4) is 0 Å². The van der Waals surface area contributed by atoms with E-state index < -0.39 is 0 Å². The molecule has 0 aliphatic rings. The Kier molecular flexibility index (Phi) is 3.21. The van der Waals surface area contributed by atoms with Gasteiger partial charge in [0.15, 0.2) is 0 Å². The average molecular weight is 176 g/mol. The topological polar surface area (TPSA) is 52.8 Å². The van der Waals surface area contributed by atoms with Crippen LogP contribution < -0.4 is 4.90 Å². The molecule has 1 heterocycles. The largest absolute Gasteiger partial charge is 0.357 e. The first kappa shape index (κ1) is 9.46. The third kappa shape index (κ3) is 2.15. The lowest BCUT2D eigenvalue weighted by atomic mass is 10.4. The summed E-state index contributed by atoms with van der Waals surface area (Å²) in [5.74, 6) is 1.04. The van der Waals surface area contributed by atoms with Crippen molar-refractivity contribution in [3.05, 3.63) is 18.1 Å². The standard InChI is InChI=1S/C9H12N4/c1-3-13(4-2)9-5-6-11-8(7-10)12-9/h5-6H,3-4H2,1-2H3. The summed E-state index contributed by atoms with van der Waals surface area (Å²) in [4.78, 5) is 9.97. The van der Waals surface area contributed by atoms with E-state index in [1.807, 2.05) is 12.1 Å². The lowest BCUT2D eigenvalue weighted by Crippen LogP contribution is -2.23. The Bertz CT molecular complexity index is 312. The lowest BCUT2D eigenvalue weighted by Gasteiger charge is -2.18. The maximum Gasteiger partial charge on any atom is 0.234 e. The Labute approximate surface area is 77.8 Å². The van der Waals surface area contributed by atoms with Crippen molar-refractivity contribution in [1.82, 2.24) is 9.97 Å². The molecule has 13 heavy (non-hydrogen) atoms. The average Bonchev–Trinajstić information content (AvgIpc) is 2.20. The van der Waals surface area contributed by atoms with Gasteiger partial charge in [-0.25, -0.2) is 9.97 Å². The van der Waals surface area contributed by atoms with Crippen LogP contribution in [0.15, 0.2) is 12.3 Å². The predicted octanol–water partition coefficient (Wildman–Crippen LogP) is 1.19. The number of hydrogen-bond donors (Lipinski definition) is 0. The van der Waals surface area contributed by atoms with E-state index in [0.717, 1.165) is 18.9 Å². The molecule has 1 rings (SSSR count). The van der Waals surface area contributed by atoms with Gasteiger partial charge in [0.25, 0.3) is 0 Å². The minimum Gasteiger partial charge on any atom is -0.357 e. The second-order valence-electron chi connectivity index (χ2n) is 2.52. The molecule has 0 amide bonds. The van der Waals surface area contributed by atoms with Crippen LogP contribution in [-0.4, -0.2) is 23.1 Å². The van der Waals surface area contributed by atoms with Crippen LogP contribution in [-0.2, 0) is 0 Å². The first-order valence-electron chi connectivity index (χ1n) is 4.29. The first-order chi connectivity index (χ1) is 6.31. The summed E-state index contributed by atoms with van der Waals surface area (Å²) in [6.45, 7) is 5.88. The van der Waals surface area contributed by atoms with Gasteiger partial charge in [0.2, 0.25) is 5.82 Å². The third-order valence-corrected chi connectivity index (χ3v) is 1.83. The molecule has 0 aliphatic carbocycles. The lowest BCUT2D eigenvalue weighted by molar-refractivity contribution is 0.838. The van der Waals surface area contributed by atoms with Gasteiger partial charge in [-0.05, 0) is 19.9 Å². The molecule has 0 bridgehead atoms. The number of nitrogens with zero attached hydrogens (tertiary/aromatic N) is 4. The van der Waals surface area contributed by atoms with Crippen LogP contribution in [0, 0.1) is 11.3 Å². The highest BCUT2D eigenvalue weighted by Crippen LogP contribution is 2.08. The van der Waals surface area contributed by atoms with Crippen molar-refractivity contribution in [3.63, 3.8) is 0 Å². The summed E-state index contributed by atoms with van der Waals surface area (Å²) in [7, 11) is 0. The summed E-state index contributed by atoms with van der Waals surface area (Å²) in [5, 5.41) is 8.60. The summed E-state index contributed by atoms with van der Waals surface area (Å²) in [6.07, 6.45) is 1.61. The van der Waals surface area contributed by atoms with Crippen molar-refractivity contribution in [2.24, 2.45) is 0 Å². The van der Waals surface area contributed by atoms with Crippen molar-refractivity contribution in [1.29, 1.82) is 5.26 Å². The molecule has 0 saturated heterocycles. The number of hydrogen-bond acceptors (Lipinski definition) is 4. The van der Waals surface area contributed by atoms with E-state index in [2.05, 4.69) is 28.7 Å². The van der Waals surface area contributed by atoms with Gasteiger partial charge in [-0.1, -0.05) is 0 Å². The van der Waals surface area contributed by atoms with E-state index in [1.54, 1.807) is 6.20 Å². The van der Waals surface area contributed by atoms with Crippen LogP contribution in [0.25, 0.3) is 0 Å². The molecule has 1 aromatic heterocycles. The van der Waals surface area contributed by atoms with Gasteiger partial charge in [0.05, 0.1) is 0 Å². The molecule has 0 aromatic carbocycles. The maximum absolute atomic E-state index is 8.60. The van der Waals surface area contributed by atoms with Crippen molar-refractivity contribution >= 4 is 5.82 Å². The number of aromatic nitrogens is 2. The van der Waals surface area contributed by atoms with E-state index in [0.29, 0.717) is 0 Å². The third-order valence-electron chi connectivity index (χ3n) is 1.83. The molecule has 0 atom stereocenters. The zero-order valence-electron chi connectivity index (χ0n) is 7.86. The highest BCUT2D eigenvalue weighted by Gasteiger charge is 2.03. The van der Waals surface area contributed by atoms with Crippen LogP contribution in [0.2, 0.25) is 0 Å². The second-order valence-corrected chi connectivity index (χ2v) is 2.52. The highest BCUT2D eigenvalue weighted by atomic mass is 15.2. The summed E-state index contributed by atoms with van der Waals surface area (Å²) >= 11 is 0. The molecule has 0 spiro atoms. The fourth-order valence-corrected chi connectivity index (χ4v) is 1.13. The molecular formula is C9H12N4. The zero-order valence-corrected chi connectivity index (χ0v) is 7.86. The Morgan fingerprint density at radius 2 is 2.15 bits per heavy atom. The fraction of sp³-hybridized carbons (Fsp3) is 0.444. The molecule has 4 heteroatoms. The smallest absolute Gasteiger partial charge is 0.234 e. The fourth-order valence-electron chi connectivity index (χ4n) is 1.13.